The Hall–Kier alpha value is -2.42. The van der Waals surface area contributed by atoms with Gasteiger partial charge in [0.05, 0.1) is 12.5 Å². The number of hydrogen-bond donors (Lipinski definition) is 4. The van der Waals surface area contributed by atoms with Crippen molar-refractivity contribution >= 4 is 29.2 Å². The number of nitrogens with two attached hydrogens (primary N) is 1. The third-order valence-electron chi connectivity index (χ3n) is 2.29. The molecule has 2 heterocycles. The Bertz CT molecular complexity index is 580. The van der Waals surface area contributed by atoms with Crippen LogP contribution >= 0.6 is 11.3 Å². The summed E-state index contributed by atoms with van der Waals surface area (Å²) in [6.07, 6.45) is -0.212. The van der Waals surface area contributed by atoms with Crippen LogP contribution in [0, 0.1) is 0 Å². The van der Waals surface area contributed by atoms with E-state index in [1.54, 1.807) is 12.1 Å². The molecule has 0 aromatic carbocycles. The van der Waals surface area contributed by atoms with Crippen molar-refractivity contribution in [3.05, 3.63) is 28.2 Å². The van der Waals surface area contributed by atoms with Gasteiger partial charge in [-0.25, -0.2) is 0 Å². The lowest BCUT2D eigenvalue weighted by Gasteiger charge is -2.14. The maximum atomic E-state index is 11.9. The quantitative estimate of drug-likeness (QED) is 0.626. The number of aromatic nitrogens is 3. The third-order valence-corrected chi connectivity index (χ3v) is 3.27. The molecule has 2 rings (SSSR count). The van der Waals surface area contributed by atoms with Crippen LogP contribution in [0.1, 0.15) is 28.0 Å². The molecule has 1 unspecified atom stereocenters. The average molecular weight is 281 g/mol. The molecule has 2 aromatic heterocycles. The first-order valence-corrected chi connectivity index (χ1v) is 6.18. The predicted octanol–water partition coefficient (Wildman–Crippen LogP) is 0.394. The number of carboxylic acids is 1. The molecule has 2 aromatic rings. The number of carbonyl (C=O) groups is 2. The molecule has 0 bridgehead atoms. The van der Waals surface area contributed by atoms with Crippen molar-refractivity contribution in [3.8, 4) is 0 Å². The number of aliphatic carboxylic acids is 1. The van der Waals surface area contributed by atoms with E-state index in [1.807, 2.05) is 5.38 Å². The highest BCUT2D eigenvalue weighted by atomic mass is 32.1. The van der Waals surface area contributed by atoms with Crippen LogP contribution in [0.3, 0.4) is 0 Å². The number of nitrogens with one attached hydrogen (secondary N) is 2. The van der Waals surface area contributed by atoms with Gasteiger partial charge in [0.1, 0.15) is 0 Å². The van der Waals surface area contributed by atoms with E-state index in [-0.39, 0.29) is 18.2 Å². The Kier molecular flexibility index (Phi) is 3.76. The summed E-state index contributed by atoms with van der Waals surface area (Å²) in [6.45, 7) is 0. The van der Waals surface area contributed by atoms with Gasteiger partial charge in [-0.3, -0.25) is 14.7 Å². The van der Waals surface area contributed by atoms with Crippen molar-refractivity contribution in [1.82, 2.24) is 20.5 Å². The fourth-order valence-electron chi connectivity index (χ4n) is 1.49. The number of rotatable bonds is 5. The normalized spacial score (nSPS) is 12.0. The Labute approximate surface area is 111 Å². The molecule has 1 amide bonds. The molecule has 9 heteroatoms. The lowest BCUT2D eigenvalue weighted by molar-refractivity contribution is -0.137. The maximum absolute atomic E-state index is 11.9. The first kappa shape index (κ1) is 13.0. The minimum absolute atomic E-state index is 0.0453. The Morgan fingerprint density at radius 3 is 2.89 bits per heavy atom. The number of anilines is 1. The van der Waals surface area contributed by atoms with Crippen LogP contribution in [-0.2, 0) is 4.79 Å². The highest BCUT2D eigenvalue weighted by Crippen LogP contribution is 2.22. The summed E-state index contributed by atoms with van der Waals surface area (Å²) in [5, 5.41) is 19.2. The maximum Gasteiger partial charge on any atom is 0.305 e. The fraction of sp³-hybridized carbons (Fsp3) is 0.200. The van der Waals surface area contributed by atoms with E-state index in [0.717, 1.165) is 4.88 Å². The minimum atomic E-state index is -1.00. The zero-order valence-electron chi connectivity index (χ0n) is 9.66. The average Bonchev–Trinajstić information content (AvgIpc) is 2.97. The SMILES string of the molecule is Nc1n[nH]c(C(=O)NC(CC(=O)O)c2cccs2)n1. The van der Waals surface area contributed by atoms with E-state index in [1.165, 1.54) is 11.3 Å². The van der Waals surface area contributed by atoms with E-state index in [2.05, 4.69) is 20.5 Å². The molecule has 0 radical (unpaired) electrons. The number of hydrogen-bond acceptors (Lipinski definition) is 6. The number of aromatic amines is 1. The summed E-state index contributed by atoms with van der Waals surface area (Å²) in [7, 11) is 0. The van der Waals surface area contributed by atoms with Crippen molar-refractivity contribution in [2.24, 2.45) is 0 Å². The molecule has 0 spiro atoms. The van der Waals surface area contributed by atoms with Crippen molar-refractivity contribution in [3.63, 3.8) is 0 Å². The van der Waals surface area contributed by atoms with Gasteiger partial charge in [-0.2, -0.15) is 4.98 Å². The molecule has 19 heavy (non-hydrogen) atoms. The molecule has 0 aliphatic heterocycles. The number of nitrogen functional groups attached to an aromatic ring is 1. The van der Waals surface area contributed by atoms with E-state index in [4.69, 9.17) is 10.8 Å². The monoisotopic (exact) mass is 281 g/mol. The third kappa shape index (κ3) is 3.28. The molecular weight excluding hydrogens is 270 g/mol. The van der Waals surface area contributed by atoms with Gasteiger partial charge in [0, 0.05) is 4.88 Å². The zero-order valence-corrected chi connectivity index (χ0v) is 10.5. The van der Waals surface area contributed by atoms with Gasteiger partial charge >= 0.3 is 5.97 Å². The van der Waals surface area contributed by atoms with Gasteiger partial charge in [0.2, 0.25) is 11.8 Å². The number of H-pyrrole nitrogens is 1. The molecule has 8 nitrogen and oxygen atoms in total. The number of amides is 1. The van der Waals surface area contributed by atoms with E-state index < -0.39 is 17.9 Å². The molecule has 0 aliphatic carbocycles. The Morgan fingerprint density at radius 1 is 1.58 bits per heavy atom. The fourth-order valence-corrected chi connectivity index (χ4v) is 2.27. The Morgan fingerprint density at radius 2 is 2.37 bits per heavy atom. The summed E-state index contributed by atoms with van der Waals surface area (Å²) < 4.78 is 0. The van der Waals surface area contributed by atoms with Crippen LogP contribution in [0.15, 0.2) is 17.5 Å². The molecule has 5 N–H and O–H groups in total. The van der Waals surface area contributed by atoms with Gasteiger partial charge in [-0.05, 0) is 11.4 Å². The number of nitrogens with zero attached hydrogens (tertiary/aromatic N) is 2. The van der Waals surface area contributed by atoms with Crippen molar-refractivity contribution in [2.75, 3.05) is 5.73 Å². The minimum Gasteiger partial charge on any atom is -0.481 e. The van der Waals surface area contributed by atoms with Gasteiger partial charge in [0.25, 0.3) is 5.91 Å². The summed E-state index contributed by atoms with van der Waals surface area (Å²) in [4.78, 5) is 27.1. The molecule has 0 aliphatic rings. The number of carbonyl (C=O) groups excluding carboxylic acids is 1. The van der Waals surface area contributed by atoms with Gasteiger partial charge in [0.15, 0.2) is 0 Å². The predicted molar refractivity (Wildman–Crippen MR) is 67.6 cm³/mol. The summed E-state index contributed by atoms with van der Waals surface area (Å²) >= 11 is 1.37. The molecule has 1 atom stereocenters. The second kappa shape index (κ2) is 5.48. The van der Waals surface area contributed by atoms with Crippen molar-refractivity contribution in [2.45, 2.75) is 12.5 Å². The highest BCUT2D eigenvalue weighted by molar-refractivity contribution is 7.10. The Balaban J connectivity index is 2.12. The standard InChI is InChI=1S/C10H11N5O3S/c11-10-13-8(14-15-10)9(18)12-5(4-7(16)17)6-2-1-3-19-6/h1-3,5H,4H2,(H,12,18)(H,16,17)(H3,11,13,14,15). The van der Waals surface area contributed by atoms with Crippen LogP contribution in [0.25, 0.3) is 0 Å². The lowest BCUT2D eigenvalue weighted by Crippen LogP contribution is -2.30. The van der Waals surface area contributed by atoms with Crippen LogP contribution in [0.5, 0.6) is 0 Å². The first-order valence-electron chi connectivity index (χ1n) is 5.30. The van der Waals surface area contributed by atoms with Crippen LogP contribution in [0.2, 0.25) is 0 Å². The zero-order chi connectivity index (χ0) is 13.8. The molecular formula is C10H11N5O3S. The van der Waals surface area contributed by atoms with Crippen LogP contribution in [-0.4, -0.2) is 32.2 Å². The van der Waals surface area contributed by atoms with Gasteiger partial charge in [-0.1, -0.05) is 6.07 Å². The molecule has 0 fully saturated rings. The van der Waals surface area contributed by atoms with Crippen molar-refractivity contribution in [1.29, 1.82) is 0 Å². The largest absolute Gasteiger partial charge is 0.481 e. The van der Waals surface area contributed by atoms with Gasteiger partial charge in [-0.15, -0.1) is 16.4 Å². The topological polar surface area (TPSA) is 134 Å². The van der Waals surface area contributed by atoms with E-state index in [9.17, 15) is 9.59 Å². The summed E-state index contributed by atoms with van der Waals surface area (Å²) in [5.41, 5.74) is 5.30. The molecule has 0 saturated heterocycles. The lowest BCUT2D eigenvalue weighted by atomic mass is 10.1. The summed E-state index contributed by atoms with van der Waals surface area (Å²) in [6, 6.07) is 2.93. The van der Waals surface area contributed by atoms with Crippen LogP contribution < -0.4 is 11.1 Å². The molecule has 0 saturated carbocycles. The van der Waals surface area contributed by atoms with Crippen molar-refractivity contribution < 1.29 is 14.7 Å². The van der Waals surface area contributed by atoms with E-state index in [0.29, 0.717) is 0 Å². The first-order chi connectivity index (χ1) is 9.06. The van der Waals surface area contributed by atoms with Crippen LogP contribution in [0.4, 0.5) is 5.95 Å². The highest BCUT2D eigenvalue weighted by Gasteiger charge is 2.21. The van der Waals surface area contributed by atoms with Gasteiger partial charge < -0.3 is 16.2 Å². The number of thiophene rings is 1. The summed E-state index contributed by atoms with van der Waals surface area (Å²) in [5.74, 6) is -1.65. The molecule has 100 valence electrons. The number of carboxylic acid groups (broad SMARTS) is 1. The second-order valence-electron chi connectivity index (χ2n) is 3.68. The second-order valence-corrected chi connectivity index (χ2v) is 4.66. The van der Waals surface area contributed by atoms with E-state index >= 15 is 0 Å². The smallest absolute Gasteiger partial charge is 0.305 e.